The van der Waals surface area contributed by atoms with E-state index < -0.39 is 5.97 Å². The summed E-state index contributed by atoms with van der Waals surface area (Å²) in [6, 6.07) is 0. The van der Waals surface area contributed by atoms with E-state index in [9.17, 15) is 9.90 Å². The summed E-state index contributed by atoms with van der Waals surface area (Å²) in [6.07, 6.45) is 4.79. The lowest BCUT2D eigenvalue weighted by Crippen LogP contribution is -2.30. The number of aliphatic carboxylic acids is 1. The van der Waals surface area contributed by atoms with Crippen LogP contribution in [0.2, 0.25) is 0 Å². The Hall–Kier alpha value is -0.610. The first-order valence-corrected chi connectivity index (χ1v) is 5.71. The quantitative estimate of drug-likeness (QED) is 0.719. The molecule has 2 aliphatic rings. The minimum absolute atomic E-state index is 0.123. The van der Waals surface area contributed by atoms with Crippen LogP contribution in [0.15, 0.2) is 0 Å². The molecule has 1 heterocycles. The van der Waals surface area contributed by atoms with Crippen LogP contribution in [0.5, 0.6) is 0 Å². The molecule has 0 radical (unpaired) electrons. The molecule has 2 rings (SSSR count). The minimum atomic E-state index is -0.762. The van der Waals surface area contributed by atoms with E-state index in [-0.39, 0.29) is 18.6 Å². The summed E-state index contributed by atoms with van der Waals surface area (Å²) in [6.45, 7) is 1.95. The maximum absolute atomic E-state index is 10.6. The monoisotopic (exact) mass is 213 g/mol. The van der Waals surface area contributed by atoms with Gasteiger partial charge in [-0.3, -0.25) is 9.69 Å². The predicted octanol–water partition coefficient (Wildman–Crippen LogP) is 0.555. The van der Waals surface area contributed by atoms with Crippen molar-refractivity contribution in [2.24, 2.45) is 11.3 Å². The Balaban J connectivity index is 2.03. The lowest BCUT2D eigenvalue weighted by molar-refractivity contribution is -0.138. The molecule has 4 heteroatoms. The summed E-state index contributed by atoms with van der Waals surface area (Å²) in [5, 5.41) is 18.1. The predicted molar refractivity (Wildman–Crippen MR) is 55.6 cm³/mol. The summed E-state index contributed by atoms with van der Waals surface area (Å²) in [4.78, 5) is 12.6. The van der Waals surface area contributed by atoms with E-state index in [2.05, 4.69) is 0 Å². The Morgan fingerprint density at radius 3 is 2.60 bits per heavy atom. The molecule has 0 aromatic heterocycles. The lowest BCUT2D eigenvalue weighted by atomic mass is 9.77. The van der Waals surface area contributed by atoms with E-state index in [1.807, 2.05) is 4.90 Å². The number of carbonyl (C=O) groups is 1. The molecule has 0 aromatic carbocycles. The molecule has 1 unspecified atom stereocenters. The number of carboxylic acid groups (broad SMARTS) is 1. The highest BCUT2D eigenvalue weighted by Crippen LogP contribution is 2.48. The summed E-state index contributed by atoms with van der Waals surface area (Å²) in [7, 11) is 0. The van der Waals surface area contributed by atoms with Gasteiger partial charge in [0, 0.05) is 25.6 Å². The van der Waals surface area contributed by atoms with Gasteiger partial charge in [0.25, 0.3) is 0 Å². The number of carboxylic acids is 1. The van der Waals surface area contributed by atoms with E-state index >= 15 is 0 Å². The van der Waals surface area contributed by atoms with Crippen LogP contribution in [0, 0.1) is 11.3 Å². The second-order valence-corrected chi connectivity index (χ2v) is 5.01. The average molecular weight is 213 g/mol. The zero-order valence-electron chi connectivity index (χ0n) is 8.98. The van der Waals surface area contributed by atoms with E-state index in [0.717, 1.165) is 25.9 Å². The van der Waals surface area contributed by atoms with Crippen molar-refractivity contribution in [3.63, 3.8) is 0 Å². The van der Waals surface area contributed by atoms with Gasteiger partial charge in [-0.05, 0) is 18.3 Å². The number of likely N-dealkylation sites (tertiary alicyclic amines) is 1. The third-order valence-corrected chi connectivity index (χ3v) is 4.06. The molecule has 86 valence electrons. The fraction of sp³-hybridized carbons (Fsp3) is 0.909. The smallest absolute Gasteiger partial charge is 0.317 e. The van der Waals surface area contributed by atoms with Gasteiger partial charge in [0.2, 0.25) is 0 Å². The first-order valence-electron chi connectivity index (χ1n) is 5.71. The minimum Gasteiger partial charge on any atom is -0.480 e. The molecule has 1 aliphatic carbocycles. The second kappa shape index (κ2) is 4.10. The van der Waals surface area contributed by atoms with Crippen molar-refractivity contribution in [3.05, 3.63) is 0 Å². The van der Waals surface area contributed by atoms with Crippen LogP contribution in [-0.2, 0) is 4.79 Å². The summed E-state index contributed by atoms with van der Waals surface area (Å²) in [5.41, 5.74) is 0.226. The van der Waals surface area contributed by atoms with Crippen LogP contribution in [0.4, 0.5) is 0 Å². The molecule has 1 saturated carbocycles. The zero-order valence-corrected chi connectivity index (χ0v) is 8.98. The molecule has 1 spiro atoms. The van der Waals surface area contributed by atoms with Crippen LogP contribution in [0.3, 0.4) is 0 Å². The molecule has 2 fully saturated rings. The molecular weight excluding hydrogens is 194 g/mol. The van der Waals surface area contributed by atoms with E-state index in [1.54, 1.807) is 0 Å². The molecule has 0 bridgehead atoms. The number of hydrogen-bond acceptors (Lipinski definition) is 3. The summed E-state index contributed by atoms with van der Waals surface area (Å²) in [5.74, 6) is -0.471. The Kier molecular flexibility index (Phi) is 2.98. The van der Waals surface area contributed by atoms with Gasteiger partial charge in [0.05, 0.1) is 6.54 Å². The maximum Gasteiger partial charge on any atom is 0.317 e. The third kappa shape index (κ3) is 2.01. The number of hydrogen-bond donors (Lipinski definition) is 2. The number of nitrogens with zero attached hydrogens (tertiary/aromatic N) is 1. The molecule has 2 N–H and O–H groups in total. The number of aliphatic hydroxyl groups is 1. The first-order chi connectivity index (χ1) is 7.16. The van der Waals surface area contributed by atoms with Crippen molar-refractivity contribution >= 4 is 5.97 Å². The van der Waals surface area contributed by atoms with Crippen molar-refractivity contribution in [1.29, 1.82) is 0 Å². The van der Waals surface area contributed by atoms with Gasteiger partial charge in [-0.2, -0.15) is 0 Å². The van der Waals surface area contributed by atoms with Crippen molar-refractivity contribution < 1.29 is 15.0 Å². The van der Waals surface area contributed by atoms with E-state index in [1.165, 1.54) is 12.8 Å². The molecular formula is C11H19NO3. The fourth-order valence-electron chi connectivity index (χ4n) is 3.35. The van der Waals surface area contributed by atoms with Gasteiger partial charge in [-0.15, -0.1) is 0 Å². The van der Waals surface area contributed by atoms with Gasteiger partial charge < -0.3 is 10.2 Å². The van der Waals surface area contributed by atoms with Gasteiger partial charge >= 0.3 is 5.97 Å². The fourth-order valence-corrected chi connectivity index (χ4v) is 3.35. The second-order valence-electron chi connectivity index (χ2n) is 5.01. The van der Waals surface area contributed by atoms with E-state index in [0.29, 0.717) is 5.92 Å². The highest BCUT2D eigenvalue weighted by molar-refractivity contribution is 5.69. The lowest BCUT2D eigenvalue weighted by Gasteiger charge is -2.28. The largest absolute Gasteiger partial charge is 0.480 e. The Bertz CT molecular complexity index is 248. The van der Waals surface area contributed by atoms with Crippen LogP contribution >= 0.6 is 0 Å². The Morgan fingerprint density at radius 2 is 2.07 bits per heavy atom. The highest BCUT2D eigenvalue weighted by Gasteiger charge is 2.47. The molecule has 0 amide bonds. The van der Waals surface area contributed by atoms with Crippen LogP contribution in [0.25, 0.3) is 0 Å². The van der Waals surface area contributed by atoms with Crippen molar-refractivity contribution in [2.45, 2.75) is 25.7 Å². The molecule has 1 aliphatic heterocycles. The maximum atomic E-state index is 10.6. The average Bonchev–Trinajstić information content (AvgIpc) is 2.74. The Labute approximate surface area is 89.9 Å². The van der Waals surface area contributed by atoms with Crippen molar-refractivity contribution in [1.82, 2.24) is 4.90 Å². The third-order valence-electron chi connectivity index (χ3n) is 4.06. The van der Waals surface area contributed by atoms with E-state index in [4.69, 9.17) is 5.11 Å². The Morgan fingerprint density at radius 1 is 1.40 bits per heavy atom. The van der Waals surface area contributed by atoms with Gasteiger partial charge in [-0.1, -0.05) is 12.8 Å². The normalized spacial score (nSPS) is 30.1. The van der Waals surface area contributed by atoms with Crippen LogP contribution in [0.1, 0.15) is 25.7 Å². The number of aliphatic hydroxyl groups excluding tert-OH is 1. The first kappa shape index (κ1) is 10.9. The topological polar surface area (TPSA) is 60.8 Å². The number of rotatable bonds is 3. The van der Waals surface area contributed by atoms with Crippen LogP contribution < -0.4 is 0 Å². The summed E-state index contributed by atoms with van der Waals surface area (Å²) < 4.78 is 0. The molecule has 15 heavy (non-hydrogen) atoms. The molecule has 0 aromatic rings. The van der Waals surface area contributed by atoms with Gasteiger partial charge in [0.15, 0.2) is 0 Å². The molecule has 1 atom stereocenters. The zero-order chi connectivity index (χ0) is 10.9. The standard InChI is InChI=1S/C11H19NO3/c13-7-9-5-12(6-10(14)15)8-11(9)3-1-2-4-11/h9,13H,1-8H2,(H,14,15). The van der Waals surface area contributed by atoms with Gasteiger partial charge in [0.1, 0.15) is 0 Å². The summed E-state index contributed by atoms with van der Waals surface area (Å²) >= 11 is 0. The van der Waals surface area contributed by atoms with Crippen LogP contribution in [-0.4, -0.2) is 47.3 Å². The van der Waals surface area contributed by atoms with Crippen molar-refractivity contribution in [3.8, 4) is 0 Å². The SMILES string of the molecule is O=C(O)CN1CC(CO)C2(CCCC2)C1. The highest BCUT2D eigenvalue weighted by atomic mass is 16.4. The molecule has 4 nitrogen and oxygen atoms in total. The molecule has 1 saturated heterocycles. The van der Waals surface area contributed by atoms with Crippen molar-refractivity contribution in [2.75, 3.05) is 26.2 Å². The van der Waals surface area contributed by atoms with Gasteiger partial charge in [-0.25, -0.2) is 0 Å².